The molecule has 1 heterocycles. The number of hydrogen-bond donors (Lipinski definition) is 0. The topological polar surface area (TPSA) is 17.1 Å². The SMILES string of the molecule is O=C(Cc1sccc1Br)c1cc(I)ccc1Br. The van der Waals surface area contributed by atoms with Crippen molar-refractivity contribution in [3.05, 3.63) is 52.6 Å². The van der Waals surface area contributed by atoms with Gasteiger partial charge in [-0.2, -0.15) is 0 Å². The van der Waals surface area contributed by atoms with Gasteiger partial charge in [0, 0.05) is 29.4 Å². The van der Waals surface area contributed by atoms with Gasteiger partial charge in [0.15, 0.2) is 5.78 Å². The number of carbonyl (C=O) groups excluding carboxylic acids is 1. The molecule has 0 radical (unpaired) electrons. The van der Waals surface area contributed by atoms with Crippen LogP contribution in [0.4, 0.5) is 0 Å². The standard InChI is InChI=1S/C12H7Br2IOS/c13-9-2-1-7(15)5-8(9)11(16)6-12-10(14)3-4-17-12/h1-5H,6H2. The van der Waals surface area contributed by atoms with Gasteiger partial charge in [0.25, 0.3) is 0 Å². The fourth-order valence-corrected chi connectivity index (χ4v) is 3.85. The first-order chi connectivity index (χ1) is 8.08. The molecule has 0 amide bonds. The Bertz CT molecular complexity index is 565. The average Bonchev–Trinajstić information content (AvgIpc) is 2.68. The summed E-state index contributed by atoms with van der Waals surface area (Å²) in [5, 5.41) is 1.98. The quantitative estimate of drug-likeness (QED) is 0.426. The number of halogens is 3. The lowest BCUT2D eigenvalue weighted by molar-refractivity contribution is 0.0993. The van der Waals surface area contributed by atoms with Gasteiger partial charge in [0.05, 0.1) is 0 Å². The molecule has 0 atom stereocenters. The summed E-state index contributed by atoms with van der Waals surface area (Å²) in [4.78, 5) is 13.3. The van der Waals surface area contributed by atoms with Crippen LogP contribution in [-0.2, 0) is 6.42 Å². The van der Waals surface area contributed by atoms with E-state index in [0.29, 0.717) is 6.42 Å². The fraction of sp³-hybridized carbons (Fsp3) is 0.0833. The molecule has 0 saturated carbocycles. The number of hydrogen-bond acceptors (Lipinski definition) is 2. The van der Waals surface area contributed by atoms with Crippen molar-refractivity contribution < 1.29 is 4.79 Å². The van der Waals surface area contributed by atoms with E-state index in [1.54, 1.807) is 11.3 Å². The summed E-state index contributed by atoms with van der Waals surface area (Å²) in [6, 6.07) is 7.77. The van der Waals surface area contributed by atoms with Gasteiger partial charge in [0.2, 0.25) is 0 Å². The normalized spacial score (nSPS) is 10.5. The van der Waals surface area contributed by atoms with Crippen LogP contribution in [0.5, 0.6) is 0 Å². The summed E-state index contributed by atoms with van der Waals surface area (Å²) in [7, 11) is 0. The molecule has 1 aromatic heterocycles. The molecule has 1 nitrogen and oxygen atoms in total. The maximum absolute atomic E-state index is 12.2. The van der Waals surface area contributed by atoms with Gasteiger partial charge in [-0.3, -0.25) is 4.79 Å². The van der Waals surface area contributed by atoms with Crippen LogP contribution in [0.2, 0.25) is 0 Å². The van der Waals surface area contributed by atoms with E-state index in [0.717, 1.165) is 23.0 Å². The smallest absolute Gasteiger partial charge is 0.169 e. The molecule has 1 aromatic carbocycles. The van der Waals surface area contributed by atoms with E-state index >= 15 is 0 Å². The number of ketones is 1. The summed E-state index contributed by atoms with van der Waals surface area (Å²) in [5.41, 5.74) is 0.747. The van der Waals surface area contributed by atoms with Crippen molar-refractivity contribution in [3.63, 3.8) is 0 Å². The Labute approximate surface area is 134 Å². The maximum Gasteiger partial charge on any atom is 0.169 e. The largest absolute Gasteiger partial charge is 0.294 e. The summed E-state index contributed by atoms with van der Waals surface area (Å²) < 4.78 is 2.94. The van der Waals surface area contributed by atoms with Crippen LogP contribution in [0.15, 0.2) is 38.6 Å². The highest BCUT2D eigenvalue weighted by atomic mass is 127. The van der Waals surface area contributed by atoms with Crippen molar-refractivity contribution in [1.82, 2.24) is 0 Å². The highest BCUT2D eigenvalue weighted by Crippen LogP contribution is 2.26. The summed E-state index contributed by atoms with van der Waals surface area (Å²) in [6.07, 6.45) is 0.441. The summed E-state index contributed by atoms with van der Waals surface area (Å²) in [5.74, 6) is 0.138. The minimum absolute atomic E-state index is 0.138. The first-order valence-electron chi connectivity index (χ1n) is 4.78. The molecule has 0 unspecified atom stereocenters. The van der Waals surface area contributed by atoms with E-state index < -0.39 is 0 Å². The number of benzene rings is 1. The second-order valence-electron chi connectivity index (χ2n) is 3.42. The summed E-state index contributed by atoms with van der Waals surface area (Å²) >= 11 is 10.7. The molecule has 0 bridgehead atoms. The number of carbonyl (C=O) groups is 1. The number of rotatable bonds is 3. The van der Waals surface area contributed by atoms with Crippen molar-refractivity contribution in [2.24, 2.45) is 0 Å². The molecular weight excluding hydrogens is 479 g/mol. The Morgan fingerprint density at radius 3 is 2.65 bits per heavy atom. The molecule has 0 fully saturated rings. The van der Waals surface area contributed by atoms with Crippen molar-refractivity contribution in [2.45, 2.75) is 6.42 Å². The van der Waals surface area contributed by atoms with Crippen LogP contribution in [0, 0.1) is 3.57 Å². The van der Waals surface area contributed by atoms with Crippen LogP contribution in [0.25, 0.3) is 0 Å². The van der Waals surface area contributed by atoms with Gasteiger partial charge >= 0.3 is 0 Å². The predicted molar refractivity (Wildman–Crippen MR) is 86.9 cm³/mol. The van der Waals surface area contributed by atoms with Gasteiger partial charge < -0.3 is 0 Å². The molecule has 0 aliphatic rings. The molecule has 0 saturated heterocycles. The zero-order valence-corrected chi connectivity index (χ0v) is 14.7. The molecule has 5 heteroatoms. The molecule has 17 heavy (non-hydrogen) atoms. The van der Waals surface area contributed by atoms with Crippen LogP contribution in [-0.4, -0.2) is 5.78 Å². The molecule has 2 rings (SSSR count). The van der Waals surface area contributed by atoms with Gasteiger partial charge in [0.1, 0.15) is 0 Å². The highest BCUT2D eigenvalue weighted by molar-refractivity contribution is 14.1. The minimum Gasteiger partial charge on any atom is -0.294 e. The number of Topliss-reactive ketones (excluding diaryl/α,β-unsaturated/α-hetero) is 1. The van der Waals surface area contributed by atoms with E-state index in [-0.39, 0.29) is 5.78 Å². The zero-order chi connectivity index (χ0) is 12.4. The van der Waals surface area contributed by atoms with Gasteiger partial charge in [-0.15, -0.1) is 11.3 Å². The predicted octanol–water partition coefficient (Wildman–Crippen LogP) is 5.30. The fourth-order valence-electron chi connectivity index (χ4n) is 1.40. The molecule has 2 aromatic rings. The lowest BCUT2D eigenvalue weighted by Crippen LogP contribution is -2.04. The van der Waals surface area contributed by atoms with Gasteiger partial charge in [-0.25, -0.2) is 0 Å². The lowest BCUT2D eigenvalue weighted by atomic mass is 10.1. The van der Waals surface area contributed by atoms with Crippen LogP contribution in [0.3, 0.4) is 0 Å². The molecule has 0 aliphatic heterocycles. The van der Waals surface area contributed by atoms with E-state index in [1.807, 2.05) is 29.6 Å². The number of thiophene rings is 1. The zero-order valence-electron chi connectivity index (χ0n) is 8.54. The van der Waals surface area contributed by atoms with E-state index in [9.17, 15) is 4.79 Å². The van der Waals surface area contributed by atoms with Gasteiger partial charge in [-0.05, 0) is 68.2 Å². The first-order valence-corrected chi connectivity index (χ1v) is 8.32. The van der Waals surface area contributed by atoms with Crippen molar-refractivity contribution in [3.8, 4) is 0 Å². The Kier molecular flexibility index (Phi) is 4.80. The molecule has 88 valence electrons. The van der Waals surface area contributed by atoms with Crippen molar-refractivity contribution >= 4 is 71.6 Å². The second kappa shape index (κ2) is 5.95. The molecule has 0 N–H and O–H groups in total. The first kappa shape index (κ1) is 13.7. The highest BCUT2D eigenvalue weighted by Gasteiger charge is 2.13. The van der Waals surface area contributed by atoms with Crippen LogP contribution in [0.1, 0.15) is 15.2 Å². The lowest BCUT2D eigenvalue weighted by Gasteiger charge is -2.04. The van der Waals surface area contributed by atoms with Crippen molar-refractivity contribution in [1.29, 1.82) is 0 Å². The van der Waals surface area contributed by atoms with Crippen LogP contribution >= 0.6 is 65.8 Å². The van der Waals surface area contributed by atoms with Crippen LogP contribution < -0.4 is 0 Å². The second-order valence-corrected chi connectivity index (χ2v) is 7.37. The Morgan fingerprint density at radius 1 is 1.24 bits per heavy atom. The van der Waals surface area contributed by atoms with E-state index in [2.05, 4.69) is 54.5 Å². The van der Waals surface area contributed by atoms with Crippen molar-refractivity contribution in [2.75, 3.05) is 0 Å². The minimum atomic E-state index is 0.138. The monoisotopic (exact) mass is 484 g/mol. The van der Waals surface area contributed by atoms with Gasteiger partial charge in [-0.1, -0.05) is 15.9 Å². The molecule has 0 spiro atoms. The third-order valence-electron chi connectivity index (χ3n) is 2.24. The van der Waals surface area contributed by atoms with E-state index in [4.69, 9.17) is 0 Å². The third kappa shape index (κ3) is 3.39. The maximum atomic E-state index is 12.2. The third-order valence-corrected chi connectivity index (χ3v) is 5.53. The molecular formula is C12H7Br2IOS. The summed E-state index contributed by atoms with van der Waals surface area (Å²) in [6.45, 7) is 0. The Hall–Kier alpha value is 0.280. The molecule has 0 aliphatic carbocycles. The van der Waals surface area contributed by atoms with E-state index in [1.165, 1.54) is 0 Å². The Balaban J connectivity index is 2.26. The Morgan fingerprint density at radius 2 is 2.00 bits per heavy atom. The average molecular weight is 486 g/mol.